The highest BCUT2D eigenvalue weighted by atomic mass is 79.9. The molecular formula is C15H15BrO2. The van der Waals surface area contributed by atoms with Crippen molar-refractivity contribution < 1.29 is 9.84 Å². The Hall–Kier alpha value is -1.32. The molecule has 0 saturated carbocycles. The fourth-order valence-corrected chi connectivity index (χ4v) is 2.27. The molecule has 1 atom stereocenters. The Bertz CT molecular complexity index is 552. The first-order valence-corrected chi connectivity index (χ1v) is 6.49. The first-order chi connectivity index (χ1) is 8.61. The molecule has 0 radical (unpaired) electrons. The number of hydrogen-bond donors (Lipinski definition) is 1. The predicted octanol–water partition coefficient (Wildman–Crippen LogP) is 3.85. The Morgan fingerprint density at radius 1 is 1.17 bits per heavy atom. The van der Waals surface area contributed by atoms with Crippen molar-refractivity contribution in [1.29, 1.82) is 0 Å². The van der Waals surface area contributed by atoms with Crippen LogP contribution in [-0.4, -0.2) is 12.2 Å². The van der Waals surface area contributed by atoms with Crippen LogP contribution in [0.25, 0.3) is 0 Å². The number of ether oxygens (including phenoxy) is 1. The normalized spacial score (nSPS) is 12.2. The van der Waals surface area contributed by atoms with E-state index in [1.165, 1.54) is 0 Å². The highest BCUT2D eigenvalue weighted by Crippen LogP contribution is 2.32. The van der Waals surface area contributed by atoms with Crippen LogP contribution in [0.3, 0.4) is 0 Å². The maximum Gasteiger partial charge on any atom is 0.126 e. The standard InChI is InChI=1S/C15H15BrO2/c1-10-4-3-5-11(8-10)15(17)13-7-6-12(16)9-14(13)18-2/h3-9,15,17H,1-2H3. The molecule has 0 aliphatic heterocycles. The number of benzene rings is 2. The molecule has 2 aromatic rings. The summed E-state index contributed by atoms with van der Waals surface area (Å²) in [6.45, 7) is 2.01. The van der Waals surface area contributed by atoms with Gasteiger partial charge in [0.2, 0.25) is 0 Å². The first kappa shape index (κ1) is 13.1. The van der Waals surface area contributed by atoms with E-state index in [0.29, 0.717) is 5.75 Å². The first-order valence-electron chi connectivity index (χ1n) is 5.70. The fraction of sp³-hybridized carbons (Fsp3) is 0.200. The number of aryl methyl sites for hydroxylation is 1. The molecule has 1 unspecified atom stereocenters. The number of hydrogen-bond acceptors (Lipinski definition) is 2. The molecule has 94 valence electrons. The van der Waals surface area contributed by atoms with E-state index in [2.05, 4.69) is 15.9 Å². The second-order valence-electron chi connectivity index (χ2n) is 4.20. The minimum absolute atomic E-state index is 0.673. The van der Waals surface area contributed by atoms with Crippen LogP contribution in [0.4, 0.5) is 0 Å². The molecular weight excluding hydrogens is 292 g/mol. The van der Waals surface area contributed by atoms with E-state index < -0.39 is 6.10 Å². The van der Waals surface area contributed by atoms with Crippen molar-refractivity contribution in [2.75, 3.05) is 7.11 Å². The van der Waals surface area contributed by atoms with Gasteiger partial charge in [0.1, 0.15) is 11.9 Å². The molecule has 0 fully saturated rings. The van der Waals surface area contributed by atoms with E-state index in [4.69, 9.17) is 4.74 Å². The molecule has 0 amide bonds. The summed E-state index contributed by atoms with van der Waals surface area (Å²) >= 11 is 3.39. The summed E-state index contributed by atoms with van der Waals surface area (Å²) < 4.78 is 6.24. The maximum absolute atomic E-state index is 10.4. The van der Waals surface area contributed by atoms with Gasteiger partial charge in [0.25, 0.3) is 0 Å². The van der Waals surface area contributed by atoms with Crippen molar-refractivity contribution in [3.63, 3.8) is 0 Å². The zero-order chi connectivity index (χ0) is 13.1. The number of aliphatic hydroxyl groups is 1. The zero-order valence-corrected chi connectivity index (χ0v) is 11.9. The summed E-state index contributed by atoms with van der Waals surface area (Å²) in [6.07, 6.45) is -0.673. The van der Waals surface area contributed by atoms with Gasteiger partial charge < -0.3 is 9.84 Å². The van der Waals surface area contributed by atoms with Gasteiger partial charge in [-0.3, -0.25) is 0 Å². The summed E-state index contributed by atoms with van der Waals surface area (Å²) in [5, 5.41) is 10.4. The number of halogens is 1. The van der Waals surface area contributed by atoms with Crippen LogP contribution in [0.1, 0.15) is 22.8 Å². The van der Waals surface area contributed by atoms with Crippen LogP contribution < -0.4 is 4.74 Å². The van der Waals surface area contributed by atoms with Gasteiger partial charge in [0.15, 0.2) is 0 Å². The molecule has 0 aromatic heterocycles. The Morgan fingerprint density at radius 2 is 1.94 bits per heavy atom. The van der Waals surface area contributed by atoms with Gasteiger partial charge >= 0.3 is 0 Å². The molecule has 1 N–H and O–H groups in total. The lowest BCUT2D eigenvalue weighted by atomic mass is 9.99. The minimum atomic E-state index is -0.673. The molecule has 18 heavy (non-hydrogen) atoms. The van der Waals surface area contributed by atoms with Crippen molar-refractivity contribution in [1.82, 2.24) is 0 Å². The van der Waals surface area contributed by atoms with Crippen LogP contribution in [0.15, 0.2) is 46.9 Å². The van der Waals surface area contributed by atoms with Crippen LogP contribution >= 0.6 is 15.9 Å². The molecule has 3 heteroatoms. The summed E-state index contributed by atoms with van der Waals surface area (Å²) in [4.78, 5) is 0. The molecule has 2 nitrogen and oxygen atoms in total. The van der Waals surface area contributed by atoms with E-state index in [1.54, 1.807) is 7.11 Å². The van der Waals surface area contributed by atoms with Gasteiger partial charge in [0, 0.05) is 10.0 Å². The molecule has 2 aromatic carbocycles. The molecule has 0 spiro atoms. The third-order valence-corrected chi connectivity index (χ3v) is 3.34. The molecule has 0 aliphatic rings. The quantitative estimate of drug-likeness (QED) is 0.933. The van der Waals surface area contributed by atoms with Crippen molar-refractivity contribution in [3.05, 3.63) is 63.6 Å². The number of methoxy groups -OCH3 is 1. The average Bonchev–Trinajstić information content (AvgIpc) is 2.37. The fourth-order valence-electron chi connectivity index (χ4n) is 1.93. The minimum Gasteiger partial charge on any atom is -0.496 e. The lowest BCUT2D eigenvalue weighted by Crippen LogP contribution is -2.02. The Morgan fingerprint density at radius 3 is 2.61 bits per heavy atom. The number of aliphatic hydroxyl groups excluding tert-OH is 1. The highest BCUT2D eigenvalue weighted by molar-refractivity contribution is 9.10. The number of rotatable bonds is 3. The zero-order valence-electron chi connectivity index (χ0n) is 10.4. The SMILES string of the molecule is COc1cc(Br)ccc1C(O)c1cccc(C)c1. The van der Waals surface area contributed by atoms with Gasteiger partial charge in [-0.15, -0.1) is 0 Å². The summed E-state index contributed by atoms with van der Waals surface area (Å²) in [6, 6.07) is 13.5. The van der Waals surface area contributed by atoms with Crippen molar-refractivity contribution >= 4 is 15.9 Å². The van der Waals surface area contributed by atoms with Gasteiger partial charge in [-0.1, -0.05) is 51.8 Å². The van der Waals surface area contributed by atoms with Crippen LogP contribution in [-0.2, 0) is 0 Å². The Balaban J connectivity index is 2.42. The third-order valence-electron chi connectivity index (χ3n) is 2.85. The topological polar surface area (TPSA) is 29.5 Å². The summed E-state index contributed by atoms with van der Waals surface area (Å²) in [7, 11) is 1.61. The van der Waals surface area contributed by atoms with Crippen molar-refractivity contribution in [2.45, 2.75) is 13.0 Å². The lowest BCUT2D eigenvalue weighted by Gasteiger charge is -2.16. The Kier molecular flexibility index (Phi) is 4.04. The smallest absolute Gasteiger partial charge is 0.126 e. The lowest BCUT2D eigenvalue weighted by molar-refractivity contribution is 0.214. The van der Waals surface area contributed by atoms with Crippen LogP contribution in [0, 0.1) is 6.92 Å². The van der Waals surface area contributed by atoms with E-state index in [1.807, 2.05) is 49.4 Å². The maximum atomic E-state index is 10.4. The molecule has 0 bridgehead atoms. The van der Waals surface area contributed by atoms with Gasteiger partial charge in [-0.05, 0) is 24.6 Å². The van der Waals surface area contributed by atoms with E-state index in [0.717, 1.165) is 21.2 Å². The Labute approximate surface area is 115 Å². The largest absolute Gasteiger partial charge is 0.496 e. The molecule has 0 heterocycles. The molecule has 0 saturated heterocycles. The summed E-state index contributed by atoms with van der Waals surface area (Å²) in [5.41, 5.74) is 2.77. The monoisotopic (exact) mass is 306 g/mol. The van der Waals surface area contributed by atoms with E-state index in [9.17, 15) is 5.11 Å². The third kappa shape index (κ3) is 2.74. The van der Waals surface area contributed by atoms with Crippen molar-refractivity contribution in [3.8, 4) is 5.75 Å². The van der Waals surface area contributed by atoms with Gasteiger partial charge in [-0.2, -0.15) is 0 Å². The van der Waals surface area contributed by atoms with E-state index in [-0.39, 0.29) is 0 Å². The molecule has 0 aliphatic carbocycles. The van der Waals surface area contributed by atoms with E-state index >= 15 is 0 Å². The molecule has 2 rings (SSSR count). The van der Waals surface area contributed by atoms with Crippen molar-refractivity contribution in [2.24, 2.45) is 0 Å². The second kappa shape index (κ2) is 5.55. The van der Waals surface area contributed by atoms with Crippen LogP contribution in [0.2, 0.25) is 0 Å². The highest BCUT2D eigenvalue weighted by Gasteiger charge is 2.15. The van der Waals surface area contributed by atoms with Gasteiger partial charge in [0.05, 0.1) is 7.11 Å². The predicted molar refractivity (Wildman–Crippen MR) is 75.9 cm³/mol. The van der Waals surface area contributed by atoms with Gasteiger partial charge in [-0.25, -0.2) is 0 Å². The average molecular weight is 307 g/mol. The second-order valence-corrected chi connectivity index (χ2v) is 5.12. The summed E-state index contributed by atoms with van der Waals surface area (Å²) in [5.74, 6) is 0.679. The van der Waals surface area contributed by atoms with Crippen LogP contribution in [0.5, 0.6) is 5.75 Å².